The summed E-state index contributed by atoms with van der Waals surface area (Å²) in [5.74, 6) is -0.350. The lowest BCUT2D eigenvalue weighted by molar-refractivity contribution is -0.136. The van der Waals surface area contributed by atoms with Gasteiger partial charge in [0.15, 0.2) is 0 Å². The first-order valence-corrected chi connectivity index (χ1v) is 8.39. The van der Waals surface area contributed by atoms with Gasteiger partial charge in [0.1, 0.15) is 0 Å². The Morgan fingerprint density at radius 3 is 2.38 bits per heavy atom. The predicted molar refractivity (Wildman–Crippen MR) is 80.3 cm³/mol. The fourth-order valence-electron chi connectivity index (χ4n) is 2.30. The van der Waals surface area contributed by atoms with Crippen molar-refractivity contribution in [1.29, 1.82) is 0 Å². The zero-order valence-electron chi connectivity index (χ0n) is 11.9. The zero-order valence-corrected chi connectivity index (χ0v) is 12.8. The Kier molecular flexibility index (Phi) is 4.84. The number of hydrogen-bond donors (Lipinski definition) is 2. The molecule has 0 bridgehead atoms. The van der Waals surface area contributed by atoms with E-state index in [9.17, 15) is 13.2 Å². The molecule has 1 heterocycles. The van der Waals surface area contributed by atoms with Gasteiger partial charge in [0.2, 0.25) is 0 Å². The summed E-state index contributed by atoms with van der Waals surface area (Å²) in [6.07, 6.45) is 1.67. The standard InChI is InChI=1S/C14H20N2O4S/c1-11-6-8-16(9-7-11)21(19,20)15-13-4-2-12(3-5-13)10-14(17)18/h2-5,11,15H,6-10H2,1H3,(H,17,18). The van der Waals surface area contributed by atoms with Crippen LogP contribution in [0.3, 0.4) is 0 Å². The number of nitrogens with zero attached hydrogens (tertiary/aromatic N) is 1. The van der Waals surface area contributed by atoms with Crippen LogP contribution >= 0.6 is 0 Å². The van der Waals surface area contributed by atoms with Crippen LogP contribution in [-0.4, -0.2) is 36.9 Å². The number of nitrogens with one attached hydrogen (secondary N) is 1. The fraction of sp³-hybridized carbons (Fsp3) is 0.500. The summed E-state index contributed by atoms with van der Waals surface area (Å²) < 4.78 is 28.5. The Morgan fingerprint density at radius 1 is 1.29 bits per heavy atom. The third kappa shape index (κ3) is 4.44. The number of carboxylic acid groups (broad SMARTS) is 1. The van der Waals surface area contributed by atoms with Crippen molar-refractivity contribution < 1.29 is 18.3 Å². The molecule has 0 aliphatic carbocycles. The molecule has 0 aromatic heterocycles. The number of rotatable bonds is 5. The number of benzene rings is 1. The molecule has 2 rings (SSSR count). The van der Waals surface area contributed by atoms with Crippen LogP contribution in [0.4, 0.5) is 5.69 Å². The van der Waals surface area contributed by atoms with Gasteiger partial charge in [0, 0.05) is 18.8 Å². The van der Waals surface area contributed by atoms with Gasteiger partial charge in [-0.15, -0.1) is 0 Å². The Labute approximate surface area is 125 Å². The SMILES string of the molecule is CC1CCN(S(=O)(=O)Nc2ccc(CC(=O)O)cc2)CC1. The maximum absolute atomic E-state index is 12.2. The van der Waals surface area contributed by atoms with E-state index in [0.717, 1.165) is 12.8 Å². The normalized spacial score (nSPS) is 17.6. The van der Waals surface area contributed by atoms with Crippen molar-refractivity contribution in [2.75, 3.05) is 17.8 Å². The van der Waals surface area contributed by atoms with Crippen LogP contribution in [-0.2, 0) is 21.4 Å². The van der Waals surface area contributed by atoms with E-state index in [1.165, 1.54) is 4.31 Å². The highest BCUT2D eigenvalue weighted by Crippen LogP contribution is 2.20. The number of carbonyl (C=O) groups is 1. The molecular formula is C14H20N2O4S. The van der Waals surface area contributed by atoms with Crippen LogP contribution in [0.1, 0.15) is 25.3 Å². The Hall–Kier alpha value is -1.60. The molecule has 0 radical (unpaired) electrons. The van der Waals surface area contributed by atoms with Gasteiger partial charge in [-0.25, -0.2) is 0 Å². The van der Waals surface area contributed by atoms with Crippen molar-refractivity contribution in [3.8, 4) is 0 Å². The Balaban J connectivity index is 2.01. The van der Waals surface area contributed by atoms with Crippen LogP contribution in [0.15, 0.2) is 24.3 Å². The van der Waals surface area contributed by atoms with E-state index >= 15 is 0 Å². The van der Waals surface area contributed by atoms with Crippen LogP contribution in [0.5, 0.6) is 0 Å². The van der Waals surface area contributed by atoms with Gasteiger partial charge in [-0.2, -0.15) is 12.7 Å². The molecule has 21 heavy (non-hydrogen) atoms. The summed E-state index contributed by atoms with van der Waals surface area (Å²) in [5, 5.41) is 8.70. The first-order valence-electron chi connectivity index (χ1n) is 6.95. The molecule has 0 amide bonds. The van der Waals surface area contributed by atoms with Gasteiger partial charge in [0.05, 0.1) is 6.42 Å². The van der Waals surface area contributed by atoms with E-state index in [-0.39, 0.29) is 6.42 Å². The molecule has 2 N–H and O–H groups in total. The van der Waals surface area contributed by atoms with E-state index < -0.39 is 16.2 Å². The largest absolute Gasteiger partial charge is 0.481 e. The van der Waals surface area contributed by atoms with Crippen molar-refractivity contribution >= 4 is 21.9 Å². The Bertz CT molecular complexity index is 590. The molecule has 0 spiro atoms. The summed E-state index contributed by atoms with van der Waals surface area (Å²) in [6, 6.07) is 6.40. The molecule has 1 aromatic rings. The number of aliphatic carboxylic acids is 1. The van der Waals surface area contributed by atoms with Crippen molar-refractivity contribution in [1.82, 2.24) is 4.31 Å². The van der Waals surface area contributed by atoms with E-state index in [1.54, 1.807) is 24.3 Å². The molecule has 1 aliphatic rings. The number of carboxylic acids is 1. The lowest BCUT2D eigenvalue weighted by Gasteiger charge is -2.29. The molecule has 0 atom stereocenters. The highest BCUT2D eigenvalue weighted by atomic mass is 32.2. The number of piperidine rings is 1. The quantitative estimate of drug-likeness (QED) is 0.866. The molecule has 6 nitrogen and oxygen atoms in total. The molecule has 1 aromatic carbocycles. The topological polar surface area (TPSA) is 86.7 Å². The molecular weight excluding hydrogens is 292 g/mol. The maximum atomic E-state index is 12.2. The summed E-state index contributed by atoms with van der Waals surface area (Å²) in [6.45, 7) is 3.19. The minimum atomic E-state index is -3.53. The molecule has 0 saturated carbocycles. The fourth-order valence-corrected chi connectivity index (χ4v) is 3.56. The Morgan fingerprint density at radius 2 is 1.86 bits per heavy atom. The molecule has 1 fully saturated rings. The predicted octanol–water partition coefficient (Wildman–Crippen LogP) is 1.70. The monoisotopic (exact) mass is 312 g/mol. The first-order chi connectivity index (χ1) is 9.87. The zero-order chi connectivity index (χ0) is 15.5. The second kappa shape index (κ2) is 6.44. The summed E-state index contributed by atoms with van der Waals surface area (Å²) >= 11 is 0. The van der Waals surface area contributed by atoms with E-state index in [4.69, 9.17) is 5.11 Å². The second-order valence-corrected chi connectivity index (χ2v) is 7.13. The average molecular weight is 312 g/mol. The van der Waals surface area contributed by atoms with Gasteiger partial charge >= 0.3 is 16.2 Å². The summed E-state index contributed by atoms with van der Waals surface area (Å²) in [7, 11) is -3.53. The van der Waals surface area contributed by atoms with Crippen LogP contribution in [0.25, 0.3) is 0 Å². The highest BCUT2D eigenvalue weighted by molar-refractivity contribution is 7.90. The lowest BCUT2D eigenvalue weighted by atomic mass is 10.0. The van der Waals surface area contributed by atoms with Gasteiger partial charge in [-0.3, -0.25) is 9.52 Å². The minimum absolute atomic E-state index is 0.0724. The minimum Gasteiger partial charge on any atom is -0.481 e. The number of hydrogen-bond acceptors (Lipinski definition) is 3. The number of anilines is 1. The van der Waals surface area contributed by atoms with Gasteiger partial charge < -0.3 is 5.11 Å². The van der Waals surface area contributed by atoms with Crippen molar-refractivity contribution in [2.45, 2.75) is 26.2 Å². The van der Waals surface area contributed by atoms with Gasteiger partial charge in [-0.05, 0) is 36.5 Å². The second-order valence-electron chi connectivity index (χ2n) is 5.46. The van der Waals surface area contributed by atoms with Crippen LogP contribution in [0.2, 0.25) is 0 Å². The third-order valence-electron chi connectivity index (χ3n) is 3.64. The molecule has 7 heteroatoms. The molecule has 1 saturated heterocycles. The van der Waals surface area contributed by atoms with Crippen LogP contribution < -0.4 is 4.72 Å². The smallest absolute Gasteiger partial charge is 0.307 e. The highest BCUT2D eigenvalue weighted by Gasteiger charge is 2.26. The van der Waals surface area contributed by atoms with Crippen LogP contribution in [0, 0.1) is 5.92 Å². The first kappa shape index (κ1) is 15.8. The summed E-state index contributed by atoms with van der Waals surface area (Å²) in [5.41, 5.74) is 1.08. The van der Waals surface area contributed by atoms with Crippen molar-refractivity contribution in [3.63, 3.8) is 0 Å². The van der Waals surface area contributed by atoms with Gasteiger partial charge in [0.25, 0.3) is 0 Å². The molecule has 116 valence electrons. The van der Waals surface area contributed by atoms with Gasteiger partial charge in [-0.1, -0.05) is 19.1 Å². The molecule has 1 aliphatic heterocycles. The molecule has 0 unspecified atom stereocenters. The van der Waals surface area contributed by atoms with E-state index in [0.29, 0.717) is 30.3 Å². The lowest BCUT2D eigenvalue weighted by Crippen LogP contribution is -2.41. The maximum Gasteiger partial charge on any atom is 0.307 e. The van der Waals surface area contributed by atoms with E-state index in [1.807, 2.05) is 0 Å². The average Bonchev–Trinajstić information content (AvgIpc) is 2.40. The summed E-state index contributed by atoms with van der Waals surface area (Å²) in [4.78, 5) is 10.6. The van der Waals surface area contributed by atoms with Crippen molar-refractivity contribution in [2.24, 2.45) is 5.92 Å². The third-order valence-corrected chi connectivity index (χ3v) is 5.18. The van der Waals surface area contributed by atoms with E-state index in [2.05, 4.69) is 11.6 Å². The van der Waals surface area contributed by atoms with Crippen molar-refractivity contribution in [3.05, 3.63) is 29.8 Å².